The summed E-state index contributed by atoms with van der Waals surface area (Å²) in [4.78, 5) is 28.7. The van der Waals surface area contributed by atoms with Crippen LogP contribution in [0, 0.1) is 0 Å². The topological polar surface area (TPSA) is 146 Å². The molecule has 3 heterocycles. The Labute approximate surface area is 212 Å². The van der Waals surface area contributed by atoms with Gasteiger partial charge in [0.25, 0.3) is 5.91 Å². The van der Waals surface area contributed by atoms with Crippen LogP contribution >= 0.6 is 11.7 Å². The van der Waals surface area contributed by atoms with Crippen LogP contribution in [0.25, 0.3) is 11.0 Å². The molecule has 0 radical (unpaired) electrons. The molecule has 37 heavy (non-hydrogen) atoms. The molecule has 17 heteroatoms. The van der Waals surface area contributed by atoms with Gasteiger partial charge in [-0.25, -0.2) is 22.3 Å². The van der Waals surface area contributed by atoms with Crippen LogP contribution in [0.15, 0.2) is 47.6 Å². The molecule has 1 saturated heterocycles. The number of aliphatic carboxylic acids is 1. The summed E-state index contributed by atoms with van der Waals surface area (Å²) in [6.07, 6.45) is -3.67. The van der Waals surface area contributed by atoms with Gasteiger partial charge < -0.3 is 14.9 Å². The molecule has 200 valence electrons. The highest BCUT2D eigenvalue weighted by atomic mass is 32.2. The largest absolute Gasteiger partial charge is 0.490 e. The van der Waals surface area contributed by atoms with Gasteiger partial charge in [0.15, 0.2) is 6.17 Å². The fourth-order valence-electron chi connectivity index (χ4n) is 3.28. The first-order valence-corrected chi connectivity index (χ1v) is 12.7. The molecule has 2 N–H and O–H groups in total. The van der Waals surface area contributed by atoms with Gasteiger partial charge in [0, 0.05) is 44.3 Å². The Morgan fingerprint density at radius 2 is 1.70 bits per heavy atom. The van der Waals surface area contributed by atoms with Crippen molar-refractivity contribution in [2.75, 3.05) is 37.6 Å². The highest BCUT2D eigenvalue weighted by Gasteiger charge is 2.38. The summed E-state index contributed by atoms with van der Waals surface area (Å²) in [7, 11) is -4.03. The van der Waals surface area contributed by atoms with E-state index < -0.39 is 40.8 Å². The molecular weight excluding hydrogens is 544 g/mol. The molecule has 1 aliphatic heterocycles. The number of sulfonamides is 1. The molecule has 2 aromatic heterocycles. The van der Waals surface area contributed by atoms with Crippen LogP contribution in [0.4, 0.5) is 23.2 Å². The van der Waals surface area contributed by atoms with E-state index in [2.05, 4.69) is 23.4 Å². The molecule has 1 unspecified atom stereocenters. The number of nitrogens with one attached hydrogen (secondary N) is 1. The zero-order valence-electron chi connectivity index (χ0n) is 18.8. The Morgan fingerprint density at radius 3 is 2.30 bits per heavy atom. The molecule has 1 aromatic carbocycles. The van der Waals surface area contributed by atoms with Crippen molar-refractivity contribution in [3.8, 4) is 0 Å². The van der Waals surface area contributed by atoms with Crippen LogP contribution in [-0.4, -0.2) is 89.1 Å². The lowest BCUT2D eigenvalue weighted by molar-refractivity contribution is -0.192. The van der Waals surface area contributed by atoms with Gasteiger partial charge in [-0.2, -0.15) is 21.9 Å². The number of pyridine rings is 1. The minimum absolute atomic E-state index is 0.0839. The summed E-state index contributed by atoms with van der Waals surface area (Å²) in [6.45, 7) is 1.20. The van der Waals surface area contributed by atoms with Gasteiger partial charge in [-0.3, -0.25) is 9.78 Å². The number of rotatable bonds is 6. The van der Waals surface area contributed by atoms with Crippen molar-refractivity contribution in [1.82, 2.24) is 23.4 Å². The summed E-state index contributed by atoms with van der Waals surface area (Å²) in [6, 6.07) is 8.31. The van der Waals surface area contributed by atoms with Gasteiger partial charge in [0.1, 0.15) is 15.9 Å². The second kappa shape index (κ2) is 11.7. The molecule has 1 aliphatic rings. The smallest absolute Gasteiger partial charge is 0.475 e. The van der Waals surface area contributed by atoms with E-state index in [1.54, 1.807) is 24.5 Å². The fraction of sp³-hybridized carbons (Fsp3) is 0.350. The number of anilines is 1. The third-order valence-electron chi connectivity index (χ3n) is 5.12. The lowest BCUT2D eigenvalue weighted by Crippen LogP contribution is -2.52. The second-order valence-corrected chi connectivity index (χ2v) is 9.79. The first kappa shape index (κ1) is 28.1. The summed E-state index contributed by atoms with van der Waals surface area (Å²) >= 11 is 0.895. The quantitative estimate of drug-likeness (QED) is 0.427. The van der Waals surface area contributed by atoms with Gasteiger partial charge in [-0.05, 0) is 24.3 Å². The van der Waals surface area contributed by atoms with E-state index in [1.807, 2.05) is 12.1 Å². The second-order valence-electron chi connectivity index (χ2n) is 7.53. The molecule has 0 spiro atoms. The molecule has 3 aromatic rings. The number of amides is 1. The molecule has 1 amide bonds. The molecule has 11 nitrogen and oxygen atoms in total. The number of fused-ring (bicyclic) bond motifs is 1. The van der Waals surface area contributed by atoms with Crippen molar-refractivity contribution in [3.63, 3.8) is 0 Å². The van der Waals surface area contributed by atoms with Crippen molar-refractivity contribution in [2.24, 2.45) is 0 Å². The predicted molar refractivity (Wildman–Crippen MR) is 124 cm³/mol. The zero-order valence-corrected chi connectivity index (χ0v) is 20.4. The van der Waals surface area contributed by atoms with Gasteiger partial charge in [-0.1, -0.05) is 6.07 Å². The van der Waals surface area contributed by atoms with Crippen LogP contribution in [0.2, 0.25) is 0 Å². The maximum absolute atomic E-state index is 14.5. The lowest BCUT2D eigenvalue weighted by Gasteiger charge is -2.36. The number of hydrogen-bond donors (Lipinski definition) is 2. The molecular formula is C20H20F4N6O5S2. The first-order chi connectivity index (χ1) is 17.4. The average molecular weight is 565 g/mol. The van der Waals surface area contributed by atoms with Crippen molar-refractivity contribution in [2.45, 2.75) is 17.2 Å². The van der Waals surface area contributed by atoms with Crippen LogP contribution in [-0.2, 0) is 19.6 Å². The maximum Gasteiger partial charge on any atom is 0.490 e. The predicted octanol–water partition coefficient (Wildman–Crippen LogP) is 1.68. The minimum atomic E-state index is -5.08. The van der Waals surface area contributed by atoms with Crippen molar-refractivity contribution in [1.29, 1.82) is 0 Å². The highest BCUT2D eigenvalue weighted by molar-refractivity contribution is 7.89. The Kier molecular flexibility index (Phi) is 8.93. The Morgan fingerprint density at radius 1 is 1.08 bits per heavy atom. The monoisotopic (exact) mass is 564 g/mol. The van der Waals surface area contributed by atoms with E-state index in [9.17, 15) is 30.8 Å². The third-order valence-corrected chi connectivity index (χ3v) is 7.12. The van der Waals surface area contributed by atoms with Crippen molar-refractivity contribution >= 4 is 50.3 Å². The standard InChI is InChI=1S/C18H19FN6O3S2.C2HF3O2/c19-14(12-21-30(27,28)16-3-1-2-15-17(16)23-29-22-15)18(26)25-10-8-24(9-11-25)13-4-6-20-7-5-13;3-2(4,5)1(6)7/h1-7,14,21H,8-12H2;(H,6,7). The first-order valence-electron chi connectivity index (χ1n) is 10.5. The number of carbonyl (C=O) groups excluding carboxylic acids is 1. The lowest BCUT2D eigenvalue weighted by atomic mass is 10.2. The summed E-state index contributed by atoms with van der Waals surface area (Å²) in [5.74, 6) is -3.48. The van der Waals surface area contributed by atoms with E-state index in [-0.39, 0.29) is 10.4 Å². The van der Waals surface area contributed by atoms with Crippen LogP contribution in [0.5, 0.6) is 0 Å². The SMILES string of the molecule is O=C(C(F)CNS(=O)(=O)c1cccc2nsnc12)N1CCN(c2ccncc2)CC1.O=C(O)C(F)(F)F. The Bertz CT molecular complexity index is 1330. The number of piperazine rings is 1. The molecule has 0 aliphatic carbocycles. The molecule has 1 fully saturated rings. The fourth-order valence-corrected chi connectivity index (χ4v) is 5.08. The van der Waals surface area contributed by atoms with Crippen molar-refractivity contribution in [3.05, 3.63) is 42.7 Å². The molecule has 1 atom stereocenters. The summed E-state index contributed by atoms with van der Waals surface area (Å²) in [5.41, 5.74) is 1.67. The number of carboxylic acid groups (broad SMARTS) is 1. The van der Waals surface area contributed by atoms with Gasteiger partial charge in [-0.15, -0.1) is 0 Å². The van der Waals surface area contributed by atoms with E-state index in [1.165, 1.54) is 11.0 Å². The van der Waals surface area contributed by atoms with E-state index in [0.29, 0.717) is 31.7 Å². The van der Waals surface area contributed by atoms with Gasteiger partial charge in [0.05, 0.1) is 18.3 Å². The minimum Gasteiger partial charge on any atom is -0.475 e. The van der Waals surface area contributed by atoms with Crippen LogP contribution in [0.3, 0.4) is 0 Å². The molecule has 0 saturated carbocycles. The van der Waals surface area contributed by atoms with E-state index >= 15 is 0 Å². The normalized spacial score (nSPS) is 15.1. The number of alkyl halides is 4. The molecule has 4 rings (SSSR count). The Hall–Kier alpha value is -3.44. The van der Waals surface area contributed by atoms with Crippen molar-refractivity contribution < 1.29 is 40.7 Å². The maximum atomic E-state index is 14.5. The number of aromatic nitrogens is 3. The van der Waals surface area contributed by atoms with E-state index in [4.69, 9.17) is 9.90 Å². The average Bonchev–Trinajstić information content (AvgIpc) is 3.36. The zero-order chi connectivity index (χ0) is 27.2. The highest BCUT2D eigenvalue weighted by Crippen LogP contribution is 2.21. The number of carbonyl (C=O) groups is 2. The summed E-state index contributed by atoms with van der Waals surface area (Å²) in [5, 5.41) is 7.12. The molecule has 0 bridgehead atoms. The number of nitrogens with zero attached hydrogens (tertiary/aromatic N) is 5. The number of benzene rings is 1. The Balaban J connectivity index is 0.000000479. The van der Waals surface area contributed by atoms with Gasteiger partial charge in [0.2, 0.25) is 10.0 Å². The van der Waals surface area contributed by atoms with Crippen LogP contribution in [0.1, 0.15) is 0 Å². The third kappa shape index (κ3) is 7.30. The number of hydrogen-bond acceptors (Lipinski definition) is 9. The number of carboxylic acids is 1. The van der Waals surface area contributed by atoms with Gasteiger partial charge >= 0.3 is 12.1 Å². The van der Waals surface area contributed by atoms with Crippen LogP contribution < -0.4 is 9.62 Å². The van der Waals surface area contributed by atoms with E-state index in [0.717, 1.165) is 17.4 Å². The summed E-state index contributed by atoms with van der Waals surface area (Å²) < 4.78 is 81.6. The number of halogens is 4.